The van der Waals surface area contributed by atoms with E-state index < -0.39 is 4.92 Å². The Morgan fingerprint density at radius 2 is 1.63 bits per heavy atom. The molecule has 0 bridgehead atoms. The van der Waals surface area contributed by atoms with Gasteiger partial charge in [0.15, 0.2) is 0 Å². The fraction of sp³-hybridized carbons (Fsp3) is 0.286. The monoisotopic (exact) mass is 261 g/mol. The molecule has 19 heavy (non-hydrogen) atoms. The smallest absolute Gasteiger partial charge is 0.242 e. The maximum absolute atomic E-state index is 10.8. The first-order chi connectivity index (χ1) is 8.91. The fourth-order valence-corrected chi connectivity index (χ4v) is 1.74. The van der Waals surface area contributed by atoms with Crippen LogP contribution in [0, 0.1) is 10.1 Å². The van der Waals surface area contributed by atoms with Gasteiger partial charge in [-0.1, -0.05) is 30.3 Å². The maximum atomic E-state index is 10.8. The molecule has 0 aliphatic rings. The molecule has 5 nitrogen and oxygen atoms in total. The van der Waals surface area contributed by atoms with Crippen molar-refractivity contribution in [2.45, 2.75) is 0 Å². The normalized spacial score (nSPS) is 10.8. The maximum Gasteiger partial charge on any atom is 0.242 e. The van der Waals surface area contributed by atoms with E-state index in [2.05, 4.69) is 0 Å². The average molecular weight is 261 g/mol. The minimum atomic E-state index is -0.429. The number of allylic oxidation sites excluding steroid dienone is 2. The predicted molar refractivity (Wildman–Crippen MR) is 76.9 cm³/mol. The summed E-state index contributed by atoms with van der Waals surface area (Å²) in [6, 6.07) is 9.32. The van der Waals surface area contributed by atoms with Gasteiger partial charge in [0.25, 0.3) is 0 Å². The molecule has 1 aromatic carbocycles. The zero-order valence-electron chi connectivity index (χ0n) is 11.7. The van der Waals surface area contributed by atoms with Gasteiger partial charge in [-0.15, -0.1) is 0 Å². The largest absolute Gasteiger partial charge is 0.364 e. The Hall–Kier alpha value is -2.30. The average Bonchev–Trinajstić information content (AvgIpc) is 2.34. The molecule has 0 saturated carbocycles. The molecule has 5 heteroatoms. The lowest BCUT2D eigenvalue weighted by Gasteiger charge is -2.24. The summed E-state index contributed by atoms with van der Waals surface area (Å²) in [6.45, 7) is 0. The quantitative estimate of drug-likeness (QED) is 0.463. The summed E-state index contributed by atoms with van der Waals surface area (Å²) >= 11 is 0. The van der Waals surface area contributed by atoms with Gasteiger partial charge in [-0.25, -0.2) is 0 Å². The highest BCUT2D eigenvalue weighted by molar-refractivity contribution is 5.73. The summed E-state index contributed by atoms with van der Waals surface area (Å²) in [4.78, 5) is 14.2. The number of rotatable bonds is 5. The first-order valence-electron chi connectivity index (χ1n) is 5.89. The summed E-state index contributed by atoms with van der Waals surface area (Å²) in [6.07, 6.45) is 2.83. The number of hydrogen-bond donors (Lipinski definition) is 0. The third-order valence-electron chi connectivity index (χ3n) is 2.55. The van der Waals surface area contributed by atoms with Crippen molar-refractivity contribution in [3.63, 3.8) is 0 Å². The highest BCUT2D eigenvalue weighted by atomic mass is 16.6. The van der Waals surface area contributed by atoms with Crippen LogP contribution in [0.2, 0.25) is 0 Å². The van der Waals surface area contributed by atoms with Gasteiger partial charge in [0.2, 0.25) is 6.20 Å². The van der Waals surface area contributed by atoms with Crippen LogP contribution in [-0.2, 0) is 0 Å². The van der Waals surface area contributed by atoms with E-state index in [-0.39, 0.29) is 0 Å². The van der Waals surface area contributed by atoms with Gasteiger partial charge >= 0.3 is 0 Å². The van der Waals surface area contributed by atoms with Gasteiger partial charge < -0.3 is 9.80 Å². The molecule has 102 valence electrons. The lowest BCUT2D eigenvalue weighted by molar-refractivity contribution is -0.401. The molecule has 1 rings (SSSR count). The molecule has 0 aliphatic heterocycles. The Bertz CT molecular complexity index is 481. The molecule has 0 spiro atoms. The van der Waals surface area contributed by atoms with E-state index >= 15 is 0 Å². The second kappa shape index (κ2) is 6.58. The molecule has 0 aliphatic carbocycles. The Morgan fingerprint density at radius 1 is 1.11 bits per heavy atom. The van der Waals surface area contributed by atoms with Gasteiger partial charge in [-0.3, -0.25) is 10.1 Å². The number of benzene rings is 1. The molecule has 0 amide bonds. The molecule has 0 heterocycles. The van der Waals surface area contributed by atoms with E-state index in [9.17, 15) is 10.1 Å². The SMILES string of the molecule is CN(C)C(=C/C(=C/[N+](=O)[O-])c1ccccc1)N(C)C. The standard InChI is InChI=1S/C14H19N3O2/c1-15(2)14(16(3)4)10-13(11-17(18)19)12-8-6-5-7-9-12/h5-11H,1-4H3/b13-11-. The zero-order valence-corrected chi connectivity index (χ0v) is 11.7. The third kappa shape index (κ3) is 4.46. The van der Waals surface area contributed by atoms with Crippen LogP contribution in [0.3, 0.4) is 0 Å². The number of nitrogens with zero attached hydrogens (tertiary/aromatic N) is 3. The Balaban J connectivity index is 3.27. The Morgan fingerprint density at radius 3 is 2.05 bits per heavy atom. The highest BCUT2D eigenvalue weighted by Gasteiger charge is 2.08. The van der Waals surface area contributed by atoms with E-state index in [1.54, 1.807) is 6.08 Å². The Kier molecular flexibility index (Phi) is 5.11. The van der Waals surface area contributed by atoms with Gasteiger partial charge in [-0.2, -0.15) is 0 Å². The molecule has 0 unspecified atom stereocenters. The molecular formula is C14H19N3O2. The van der Waals surface area contributed by atoms with E-state index in [4.69, 9.17) is 0 Å². The van der Waals surface area contributed by atoms with Crippen LogP contribution in [-0.4, -0.2) is 42.9 Å². The van der Waals surface area contributed by atoms with Crippen molar-refractivity contribution in [1.29, 1.82) is 0 Å². The van der Waals surface area contributed by atoms with Gasteiger partial charge in [0.1, 0.15) is 5.82 Å². The zero-order chi connectivity index (χ0) is 14.4. The number of nitro groups is 1. The van der Waals surface area contributed by atoms with Crippen molar-refractivity contribution in [3.8, 4) is 0 Å². The van der Waals surface area contributed by atoms with Crippen molar-refractivity contribution < 1.29 is 4.92 Å². The van der Waals surface area contributed by atoms with Crippen LogP contribution in [0.4, 0.5) is 0 Å². The Labute approximate surface area is 113 Å². The van der Waals surface area contributed by atoms with Crippen molar-refractivity contribution in [3.05, 3.63) is 64.1 Å². The molecule has 0 radical (unpaired) electrons. The van der Waals surface area contributed by atoms with Gasteiger partial charge in [-0.05, 0) is 11.6 Å². The molecule has 0 aromatic heterocycles. The molecule has 0 fully saturated rings. The minimum absolute atomic E-state index is 0.429. The molecule has 0 N–H and O–H groups in total. The van der Waals surface area contributed by atoms with Crippen molar-refractivity contribution >= 4 is 5.57 Å². The first kappa shape index (κ1) is 14.8. The van der Waals surface area contributed by atoms with E-state index in [1.165, 1.54) is 0 Å². The first-order valence-corrected chi connectivity index (χ1v) is 5.89. The molecule has 0 atom stereocenters. The fourth-order valence-electron chi connectivity index (χ4n) is 1.74. The van der Waals surface area contributed by atoms with Crippen LogP contribution < -0.4 is 0 Å². The summed E-state index contributed by atoms with van der Waals surface area (Å²) in [7, 11) is 7.61. The molecule has 1 aromatic rings. The molecular weight excluding hydrogens is 242 g/mol. The van der Waals surface area contributed by atoms with Crippen LogP contribution in [0.15, 0.2) is 48.4 Å². The summed E-state index contributed by atoms with van der Waals surface area (Å²) < 4.78 is 0. The predicted octanol–water partition coefficient (Wildman–Crippen LogP) is 2.27. The minimum Gasteiger partial charge on any atom is -0.364 e. The van der Waals surface area contributed by atoms with E-state index in [0.29, 0.717) is 5.57 Å². The number of hydrogen-bond acceptors (Lipinski definition) is 4. The lowest BCUT2D eigenvalue weighted by atomic mass is 10.1. The van der Waals surface area contributed by atoms with Crippen LogP contribution in [0.1, 0.15) is 5.56 Å². The van der Waals surface area contributed by atoms with Crippen molar-refractivity contribution in [2.24, 2.45) is 0 Å². The molecule has 0 saturated heterocycles. The second-order valence-corrected chi connectivity index (χ2v) is 4.53. The van der Waals surface area contributed by atoms with E-state index in [1.807, 2.05) is 68.3 Å². The summed E-state index contributed by atoms with van der Waals surface area (Å²) in [5.74, 6) is 0.886. The van der Waals surface area contributed by atoms with Gasteiger partial charge in [0, 0.05) is 28.2 Å². The summed E-state index contributed by atoms with van der Waals surface area (Å²) in [5, 5.41) is 10.8. The summed E-state index contributed by atoms with van der Waals surface area (Å²) in [5.41, 5.74) is 1.39. The van der Waals surface area contributed by atoms with Crippen molar-refractivity contribution in [2.75, 3.05) is 28.2 Å². The van der Waals surface area contributed by atoms with Crippen LogP contribution in [0.5, 0.6) is 0 Å². The van der Waals surface area contributed by atoms with Crippen LogP contribution >= 0.6 is 0 Å². The van der Waals surface area contributed by atoms with Crippen LogP contribution in [0.25, 0.3) is 5.57 Å². The van der Waals surface area contributed by atoms with Gasteiger partial charge in [0.05, 0.1) is 10.5 Å². The van der Waals surface area contributed by atoms with E-state index in [0.717, 1.165) is 17.6 Å². The lowest BCUT2D eigenvalue weighted by Crippen LogP contribution is -2.24. The topological polar surface area (TPSA) is 49.6 Å². The third-order valence-corrected chi connectivity index (χ3v) is 2.55. The highest BCUT2D eigenvalue weighted by Crippen LogP contribution is 2.19. The second-order valence-electron chi connectivity index (χ2n) is 4.53. The van der Waals surface area contributed by atoms with Crippen molar-refractivity contribution in [1.82, 2.24) is 9.80 Å².